The van der Waals surface area contributed by atoms with E-state index in [1.807, 2.05) is 4.68 Å². The van der Waals surface area contributed by atoms with E-state index in [0.717, 1.165) is 31.5 Å². The summed E-state index contributed by atoms with van der Waals surface area (Å²) in [5.74, 6) is 0. The van der Waals surface area contributed by atoms with Crippen molar-refractivity contribution in [2.24, 2.45) is 5.41 Å². The number of benzene rings is 1. The van der Waals surface area contributed by atoms with Gasteiger partial charge in [0.2, 0.25) is 0 Å². The lowest BCUT2D eigenvalue weighted by Gasteiger charge is -2.41. The molecule has 1 saturated carbocycles. The van der Waals surface area contributed by atoms with Gasteiger partial charge < -0.3 is 5.11 Å². The molecule has 1 aliphatic carbocycles. The highest BCUT2D eigenvalue weighted by Crippen LogP contribution is 2.42. The minimum Gasteiger partial charge on any atom is -0.389 e. The van der Waals surface area contributed by atoms with E-state index in [1.165, 1.54) is 17.3 Å². The highest BCUT2D eigenvalue weighted by atomic mass is 16.3. The Morgan fingerprint density at radius 3 is 2.71 bits per heavy atom. The third kappa shape index (κ3) is 2.84. The quantitative estimate of drug-likeness (QED) is 0.928. The maximum atomic E-state index is 11.1. The van der Waals surface area contributed by atoms with Crippen molar-refractivity contribution in [1.82, 2.24) is 9.78 Å². The number of hydrogen-bond acceptors (Lipinski definition) is 2. The molecule has 3 heteroatoms. The van der Waals surface area contributed by atoms with Gasteiger partial charge >= 0.3 is 0 Å². The van der Waals surface area contributed by atoms with Crippen molar-refractivity contribution in [3.8, 4) is 0 Å². The van der Waals surface area contributed by atoms with Crippen LogP contribution < -0.4 is 0 Å². The second-order valence-corrected chi connectivity index (χ2v) is 7.38. The predicted molar refractivity (Wildman–Crippen MR) is 86.3 cm³/mol. The van der Waals surface area contributed by atoms with E-state index in [9.17, 15) is 5.11 Å². The average molecular weight is 286 g/mol. The Kier molecular flexibility index (Phi) is 3.56. The lowest BCUT2D eigenvalue weighted by molar-refractivity contribution is -0.0387. The molecule has 1 aliphatic rings. The molecule has 114 valence electrons. The molecular weight excluding hydrogens is 260 g/mol. The summed E-state index contributed by atoms with van der Waals surface area (Å²) in [5, 5.41) is 17.0. The average Bonchev–Trinajstić information content (AvgIpc) is 2.75. The van der Waals surface area contributed by atoms with Gasteiger partial charge in [-0.05, 0) is 37.7 Å². The Morgan fingerprint density at radius 1 is 1.24 bits per heavy atom. The molecule has 1 unspecified atom stereocenters. The van der Waals surface area contributed by atoms with Gasteiger partial charge in [-0.2, -0.15) is 5.10 Å². The van der Waals surface area contributed by atoms with E-state index in [0.29, 0.717) is 6.42 Å². The topological polar surface area (TPSA) is 38.0 Å². The van der Waals surface area contributed by atoms with Crippen molar-refractivity contribution in [1.29, 1.82) is 0 Å². The second-order valence-electron chi connectivity index (χ2n) is 7.38. The summed E-state index contributed by atoms with van der Waals surface area (Å²) in [6, 6.07) is 8.35. The van der Waals surface area contributed by atoms with Crippen LogP contribution >= 0.6 is 0 Å². The molecule has 0 amide bonds. The standard InChI is InChI=1S/C18H26N2O/c1-4-20-16-9-6-5-8-14(16)15(19-20)12-18(21)11-7-10-17(2,3)13-18/h5-6,8-9,21H,4,7,10-13H2,1-3H3. The first kappa shape index (κ1) is 14.6. The first-order valence-corrected chi connectivity index (χ1v) is 8.09. The van der Waals surface area contributed by atoms with Crippen molar-refractivity contribution in [3.63, 3.8) is 0 Å². The summed E-state index contributed by atoms with van der Waals surface area (Å²) in [7, 11) is 0. The number of hydrogen-bond donors (Lipinski definition) is 1. The molecule has 0 aliphatic heterocycles. The van der Waals surface area contributed by atoms with Crippen LogP contribution in [-0.2, 0) is 13.0 Å². The fourth-order valence-electron chi connectivity index (χ4n) is 3.99. The second kappa shape index (κ2) is 5.13. The van der Waals surface area contributed by atoms with Crippen LogP contribution in [0.5, 0.6) is 0 Å². The van der Waals surface area contributed by atoms with Crippen LogP contribution in [0.15, 0.2) is 24.3 Å². The van der Waals surface area contributed by atoms with Crippen LogP contribution in [0, 0.1) is 5.41 Å². The number of para-hydroxylation sites is 1. The van der Waals surface area contributed by atoms with E-state index >= 15 is 0 Å². The monoisotopic (exact) mass is 286 g/mol. The van der Waals surface area contributed by atoms with Crippen LogP contribution in [0.3, 0.4) is 0 Å². The zero-order valence-electron chi connectivity index (χ0n) is 13.4. The van der Waals surface area contributed by atoms with Gasteiger partial charge in [0.15, 0.2) is 0 Å². The maximum absolute atomic E-state index is 11.1. The third-order valence-electron chi connectivity index (χ3n) is 4.83. The van der Waals surface area contributed by atoms with Gasteiger partial charge in [-0.15, -0.1) is 0 Å². The minimum absolute atomic E-state index is 0.232. The lowest BCUT2D eigenvalue weighted by Crippen LogP contribution is -2.40. The third-order valence-corrected chi connectivity index (χ3v) is 4.83. The predicted octanol–water partition coefficient (Wildman–Crippen LogP) is 3.93. The largest absolute Gasteiger partial charge is 0.389 e. The molecule has 1 fully saturated rings. The number of nitrogens with zero attached hydrogens (tertiary/aromatic N) is 2. The van der Waals surface area contributed by atoms with E-state index in [1.54, 1.807) is 0 Å². The van der Waals surface area contributed by atoms with Crippen molar-refractivity contribution >= 4 is 10.9 Å². The van der Waals surface area contributed by atoms with Gasteiger partial charge in [-0.25, -0.2) is 0 Å². The fraction of sp³-hybridized carbons (Fsp3) is 0.611. The molecule has 0 saturated heterocycles. The summed E-state index contributed by atoms with van der Waals surface area (Å²) < 4.78 is 2.04. The first-order valence-electron chi connectivity index (χ1n) is 8.09. The van der Waals surface area contributed by atoms with Gasteiger partial charge in [0.25, 0.3) is 0 Å². The smallest absolute Gasteiger partial charge is 0.0731 e. The normalized spacial score (nSPS) is 25.3. The molecule has 2 aromatic rings. The van der Waals surface area contributed by atoms with Crippen molar-refractivity contribution in [2.45, 2.75) is 65.0 Å². The lowest BCUT2D eigenvalue weighted by atomic mass is 9.68. The van der Waals surface area contributed by atoms with E-state index in [4.69, 9.17) is 5.10 Å². The Hall–Kier alpha value is -1.35. The molecule has 0 bridgehead atoms. The summed E-state index contributed by atoms with van der Waals surface area (Å²) >= 11 is 0. The van der Waals surface area contributed by atoms with Crippen LogP contribution in [0.2, 0.25) is 0 Å². The minimum atomic E-state index is -0.600. The van der Waals surface area contributed by atoms with Crippen molar-refractivity contribution in [3.05, 3.63) is 30.0 Å². The molecule has 1 aromatic heterocycles. The summed E-state index contributed by atoms with van der Waals surface area (Å²) in [6.07, 6.45) is 4.75. The van der Waals surface area contributed by atoms with Crippen molar-refractivity contribution < 1.29 is 5.11 Å². The molecule has 1 atom stereocenters. The molecule has 3 rings (SSSR count). The Morgan fingerprint density at radius 2 is 2.00 bits per heavy atom. The molecule has 1 aromatic carbocycles. The Bertz CT molecular complexity index is 644. The summed E-state index contributed by atoms with van der Waals surface area (Å²) in [6.45, 7) is 7.51. The number of aromatic nitrogens is 2. The van der Waals surface area contributed by atoms with Gasteiger partial charge in [0, 0.05) is 18.4 Å². The number of aliphatic hydroxyl groups is 1. The number of rotatable bonds is 3. The Labute approximate surface area is 127 Å². The van der Waals surface area contributed by atoms with Gasteiger partial charge in [-0.3, -0.25) is 4.68 Å². The first-order chi connectivity index (χ1) is 9.92. The fourth-order valence-corrected chi connectivity index (χ4v) is 3.99. The zero-order valence-corrected chi connectivity index (χ0v) is 13.4. The van der Waals surface area contributed by atoms with E-state index in [2.05, 4.69) is 45.0 Å². The van der Waals surface area contributed by atoms with Gasteiger partial charge in [0.05, 0.1) is 16.8 Å². The zero-order chi connectivity index (χ0) is 15.1. The van der Waals surface area contributed by atoms with Gasteiger partial charge in [-0.1, -0.05) is 38.5 Å². The van der Waals surface area contributed by atoms with Crippen LogP contribution in [-0.4, -0.2) is 20.5 Å². The molecule has 1 heterocycles. The molecule has 3 nitrogen and oxygen atoms in total. The number of aryl methyl sites for hydroxylation is 1. The highest BCUT2D eigenvalue weighted by Gasteiger charge is 2.39. The van der Waals surface area contributed by atoms with Crippen molar-refractivity contribution in [2.75, 3.05) is 0 Å². The molecule has 0 radical (unpaired) electrons. The number of fused-ring (bicyclic) bond motifs is 1. The molecular formula is C18H26N2O. The van der Waals surface area contributed by atoms with Crippen LogP contribution in [0.4, 0.5) is 0 Å². The van der Waals surface area contributed by atoms with Gasteiger partial charge in [0.1, 0.15) is 0 Å². The molecule has 1 N–H and O–H groups in total. The summed E-state index contributed by atoms with van der Waals surface area (Å²) in [5.41, 5.74) is 1.86. The van der Waals surface area contributed by atoms with E-state index in [-0.39, 0.29) is 5.41 Å². The SMILES string of the molecule is CCn1nc(CC2(O)CCCC(C)(C)C2)c2ccccc21. The molecule has 21 heavy (non-hydrogen) atoms. The van der Waals surface area contributed by atoms with Crippen LogP contribution in [0.25, 0.3) is 10.9 Å². The van der Waals surface area contributed by atoms with E-state index < -0.39 is 5.60 Å². The highest BCUT2D eigenvalue weighted by molar-refractivity contribution is 5.82. The summed E-state index contributed by atoms with van der Waals surface area (Å²) in [4.78, 5) is 0. The Balaban J connectivity index is 1.94. The molecule has 0 spiro atoms. The maximum Gasteiger partial charge on any atom is 0.0731 e. The van der Waals surface area contributed by atoms with Crippen LogP contribution in [0.1, 0.15) is 52.1 Å².